The maximum Gasteiger partial charge on any atom is 0.414 e. The second-order valence-electron chi connectivity index (χ2n) is 6.06. The number of imide groups is 1. The van der Waals surface area contributed by atoms with E-state index in [2.05, 4.69) is 0 Å². The quantitative estimate of drug-likeness (QED) is 0.427. The second kappa shape index (κ2) is 6.48. The number of rotatable bonds is 4. The minimum absolute atomic E-state index is 0.0836. The van der Waals surface area contributed by atoms with Crippen molar-refractivity contribution in [2.24, 2.45) is 5.92 Å². The largest absolute Gasteiger partial charge is 0.477 e. The number of β-lactam (4-membered cyclic amide) rings is 1. The number of carboxylic acid groups (broad SMARTS) is 2. The summed E-state index contributed by atoms with van der Waals surface area (Å²) in [6.45, 7) is -0.367. The first-order valence-corrected chi connectivity index (χ1v) is 8.10. The molecule has 3 aliphatic heterocycles. The van der Waals surface area contributed by atoms with Crippen molar-refractivity contribution < 1.29 is 38.9 Å². The van der Waals surface area contributed by atoms with Crippen molar-refractivity contribution in [3.8, 4) is 0 Å². The van der Waals surface area contributed by atoms with Crippen molar-refractivity contribution in [1.82, 2.24) is 15.1 Å². The number of alkyl halides is 1. The van der Waals surface area contributed by atoms with Crippen LogP contribution in [0, 0.1) is 5.92 Å². The number of nitrogens with zero attached hydrogens (tertiary/aromatic N) is 2. The predicted molar refractivity (Wildman–Crippen MR) is 82.1 cm³/mol. The van der Waals surface area contributed by atoms with Crippen molar-refractivity contribution in [1.29, 1.82) is 0 Å². The average Bonchev–Trinajstić information content (AvgIpc) is 2.95. The number of halogens is 1. The number of carbonyl (C=O) groups is 5. The Bertz CT molecular complexity index is 750. The number of hydrogen-bond donors (Lipinski definition) is 3. The number of ether oxygens (including phenoxy) is 1. The maximum absolute atomic E-state index is 12.3. The van der Waals surface area contributed by atoms with Gasteiger partial charge in [0.2, 0.25) is 5.91 Å². The van der Waals surface area contributed by atoms with Crippen LogP contribution in [0.25, 0.3) is 0 Å². The Morgan fingerprint density at radius 3 is 2.54 bits per heavy atom. The third-order valence-electron chi connectivity index (χ3n) is 4.64. The van der Waals surface area contributed by atoms with Crippen molar-refractivity contribution in [2.45, 2.75) is 18.5 Å². The Labute approximate surface area is 151 Å². The molecule has 3 aliphatic rings. The molecule has 12 heteroatoms. The summed E-state index contributed by atoms with van der Waals surface area (Å²) in [5, 5.41) is 20.5. The summed E-state index contributed by atoms with van der Waals surface area (Å²) in [4.78, 5) is 59.8. The number of likely N-dealkylation sites (tertiary alicyclic amines) is 1. The van der Waals surface area contributed by atoms with Crippen molar-refractivity contribution in [3.05, 3.63) is 11.3 Å². The molecule has 4 amide bonds. The molecule has 2 fully saturated rings. The lowest BCUT2D eigenvalue weighted by Gasteiger charge is -2.49. The fourth-order valence-corrected chi connectivity index (χ4v) is 3.76. The van der Waals surface area contributed by atoms with E-state index in [1.165, 1.54) is 0 Å². The van der Waals surface area contributed by atoms with Crippen LogP contribution in [0.5, 0.6) is 0 Å². The van der Waals surface area contributed by atoms with Gasteiger partial charge in [-0.05, 0) is 12.0 Å². The lowest BCUT2D eigenvalue weighted by Crippen LogP contribution is -2.69. The summed E-state index contributed by atoms with van der Waals surface area (Å²) < 4.78 is 4.84. The molecule has 26 heavy (non-hydrogen) atoms. The molecular weight excluding hydrogens is 374 g/mol. The van der Waals surface area contributed by atoms with Gasteiger partial charge in [-0.25, -0.2) is 14.4 Å². The van der Waals surface area contributed by atoms with Crippen LogP contribution in [0.2, 0.25) is 0 Å². The molecule has 3 N–H and O–H groups in total. The zero-order valence-corrected chi connectivity index (χ0v) is 13.9. The van der Waals surface area contributed by atoms with Gasteiger partial charge in [-0.15, -0.1) is 11.6 Å². The molecule has 11 nitrogen and oxygen atoms in total. The summed E-state index contributed by atoms with van der Waals surface area (Å²) >= 11 is 5.25. The SMILES string of the molecule is O=C(CCl)NC(=O)OCC1=C(C(=O)O)N2C(=O)[C@@H]3[C@H]2[C@H](C1)CN3C(=O)O. The second-order valence-corrected chi connectivity index (χ2v) is 6.33. The number of amides is 4. The zero-order chi connectivity index (χ0) is 19.2. The van der Waals surface area contributed by atoms with Crippen LogP contribution in [0.15, 0.2) is 11.3 Å². The van der Waals surface area contributed by atoms with Gasteiger partial charge in [-0.3, -0.25) is 24.7 Å². The normalized spacial score (nSPS) is 26.2. The average molecular weight is 388 g/mol. The van der Waals surface area contributed by atoms with E-state index in [9.17, 15) is 34.2 Å². The topological polar surface area (TPSA) is 154 Å². The number of hydrogen-bond acceptors (Lipinski definition) is 6. The Morgan fingerprint density at radius 2 is 1.96 bits per heavy atom. The number of nitrogens with one attached hydrogen (secondary N) is 1. The summed E-state index contributed by atoms with van der Waals surface area (Å²) in [5.74, 6) is -3.50. The van der Waals surface area contributed by atoms with Crippen LogP contribution in [0.4, 0.5) is 9.59 Å². The van der Waals surface area contributed by atoms with Gasteiger partial charge < -0.3 is 14.9 Å². The molecule has 0 saturated carbocycles. The smallest absolute Gasteiger partial charge is 0.414 e. The van der Waals surface area contributed by atoms with Gasteiger partial charge in [0.1, 0.15) is 24.2 Å². The standard InChI is InChI=1S/C14H14ClN3O8/c15-2-7(19)16-13(23)26-4-6-1-5-3-17(14(24)25)10-8(5)18(11(10)20)9(6)12(21)22/h5,8,10H,1-4H2,(H,21,22)(H,24,25)(H,16,19,23)/t5-,8-,10+/m1/s1. The van der Waals surface area contributed by atoms with Gasteiger partial charge in [0.25, 0.3) is 5.91 Å². The number of carbonyl (C=O) groups excluding carboxylic acids is 3. The van der Waals surface area contributed by atoms with Crippen LogP contribution in [0.3, 0.4) is 0 Å². The van der Waals surface area contributed by atoms with Crippen LogP contribution in [-0.2, 0) is 19.1 Å². The molecule has 0 aliphatic carbocycles. The fraction of sp³-hybridized carbons (Fsp3) is 0.500. The molecule has 0 radical (unpaired) electrons. The van der Waals surface area contributed by atoms with E-state index < -0.39 is 54.5 Å². The van der Waals surface area contributed by atoms with E-state index in [1.807, 2.05) is 5.32 Å². The Hall–Kier alpha value is -2.82. The van der Waals surface area contributed by atoms with Gasteiger partial charge in [0.15, 0.2) is 0 Å². The van der Waals surface area contributed by atoms with E-state index in [1.54, 1.807) is 0 Å². The Morgan fingerprint density at radius 1 is 1.27 bits per heavy atom. The highest BCUT2D eigenvalue weighted by Gasteiger charge is 2.64. The van der Waals surface area contributed by atoms with Crippen molar-refractivity contribution >= 4 is 41.6 Å². The molecular formula is C14H14ClN3O8. The number of alkyl carbamates (subject to hydrolysis) is 1. The molecule has 0 spiro atoms. The number of aliphatic carboxylic acids is 1. The zero-order valence-electron chi connectivity index (χ0n) is 13.2. The lowest BCUT2D eigenvalue weighted by molar-refractivity contribution is -0.156. The van der Waals surface area contributed by atoms with Crippen LogP contribution < -0.4 is 5.32 Å². The molecule has 0 aromatic carbocycles. The van der Waals surface area contributed by atoms with E-state index in [-0.39, 0.29) is 30.2 Å². The van der Waals surface area contributed by atoms with E-state index >= 15 is 0 Å². The minimum Gasteiger partial charge on any atom is -0.477 e. The van der Waals surface area contributed by atoms with Gasteiger partial charge >= 0.3 is 18.2 Å². The summed E-state index contributed by atoms with van der Waals surface area (Å²) in [6, 6.07) is -1.40. The third kappa shape index (κ3) is 2.73. The van der Waals surface area contributed by atoms with Crippen molar-refractivity contribution in [2.75, 3.05) is 19.0 Å². The number of carboxylic acids is 1. The molecule has 0 unspecified atom stereocenters. The Kier molecular flexibility index (Phi) is 4.48. The third-order valence-corrected chi connectivity index (χ3v) is 4.88. The van der Waals surface area contributed by atoms with Crippen LogP contribution >= 0.6 is 11.6 Å². The molecule has 3 rings (SSSR count). The summed E-state index contributed by atoms with van der Waals surface area (Å²) in [6.07, 6.45) is -2.18. The maximum atomic E-state index is 12.3. The molecule has 2 saturated heterocycles. The van der Waals surface area contributed by atoms with Crippen molar-refractivity contribution in [3.63, 3.8) is 0 Å². The van der Waals surface area contributed by atoms with Crippen LogP contribution in [0.1, 0.15) is 6.42 Å². The van der Waals surface area contributed by atoms with Gasteiger partial charge in [0, 0.05) is 12.5 Å². The molecule has 3 heterocycles. The van der Waals surface area contributed by atoms with E-state index in [4.69, 9.17) is 16.3 Å². The highest BCUT2D eigenvalue weighted by Crippen LogP contribution is 2.47. The molecule has 140 valence electrons. The molecule has 3 atom stereocenters. The monoisotopic (exact) mass is 387 g/mol. The first-order valence-electron chi connectivity index (χ1n) is 7.56. The Balaban J connectivity index is 1.79. The predicted octanol–water partition coefficient (Wildman–Crippen LogP) is -0.590. The molecule has 0 bridgehead atoms. The van der Waals surface area contributed by atoms with Crippen LogP contribution in [-0.4, -0.2) is 81.1 Å². The highest BCUT2D eigenvalue weighted by atomic mass is 35.5. The minimum atomic E-state index is -1.38. The van der Waals surface area contributed by atoms with Gasteiger partial charge in [-0.2, -0.15) is 0 Å². The molecule has 0 aromatic heterocycles. The van der Waals surface area contributed by atoms with E-state index in [0.29, 0.717) is 0 Å². The lowest BCUT2D eigenvalue weighted by atomic mass is 9.79. The summed E-state index contributed by atoms with van der Waals surface area (Å²) in [7, 11) is 0. The van der Waals surface area contributed by atoms with E-state index in [0.717, 1.165) is 9.80 Å². The van der Waals surface area contributed by atoms with Gasteiger partial charge in [-0.1, -0.05) is 0 Å². The highest BCUT2D eigenvalue weighted by molar-refractivity contribution is 6.28. The first kappa shape index (κ1) is 18.0. The summed E-state index contributed by atoms with van der Waals surface area (Å²) in [5.41, 5.74) is -0.137. The fourth-order valence-electron chi connectivity index (χ4n) is 3.70. The molecule has 0 aromatic rings. The first-order chi connectivity index (χ1) is 12.3. The van der Waals surface area contributed by atoms with Gasteiger partial charge in [0.05, 0.1) is 6.04 Å².